The number of aromatic nitrogens is 4. The van der Waals surface area contributed by atoms with Gasteiger partial charge in [0.25, 0.3) is 5.56 Å². The van der Waals surface area contributed by atoms with Crippen molar-refractivity contribution in [3.63, 3.8) is 0 Å². The van der Waals surface area contributed by atoms with Gasteiger partial charge in [-0.15, -0.1) is 0 Å². The van der Waals surface area contributed by atoms with Crippen LogP contribution in [-0.2, 0) is 17.9 Å². The molecule has 176 valence electrons. The Labute approximate surface area is 195 Å². The lowest BCUT2D eigenvalue weighted by atomic mass is 9.79. The summed E-state index contributed by atoms with van der Waals surface area (Å²) in [6, 6.07) is 8.03. The molecule has 0 aliphatic heterocycles. The molecule has 1 aliphatic rings. The quantitative estimate of drug-likeness (QED) is 0.534. The highest BCUT2D eigenvalue weighted by atomic mass is 16.2. The number of fused-ring (bicyclic) bond motifs is 1. The Morgan fingerprint density at radius 3 is 2.73 bits per heavy atom. The minimum absolute atomic E-state index is 0.0987. The van der Waals surface area contributed by atoms with Crippen LogP contribution < -0.4 is 10.9 Å². The summed E-state index contributed by atoms with van der Waals surface area (Å²) in [5.74, 6) is 1.07. The fourth-order valence-electron chi connectivity index (χ4n) is 4.88. The maximum atomic E-state index is 12.9. The van der Waals surface area contributed by atoms with Crippen LogP contribution in [0.3, 0.4) is 0 Å². The Kier molecular flexibility index (Phi) is 7.57. The topological polar surface area (TPSA) is 81.8 Å². The predicted octanol–water partition coefficient (Wildman–Crippen LogP) is 4.06. The second-order valence-corrected chi connectivity index (χ2v) is 9.36. The molecular weight excluding hydrogens is 414 g/mol. The smallest absolute Gasteiger partial charge is 0.264 e. The minimum Gasteiger partial charge on any atom is -0.354 e. The van der Waals surface area contributed by atoms with Gasteiger partial charge in [-0.3, -0.25) is 14.2 Å². The van der Waals surface area contributed by atoms with Crippen LogP contribution in [0.2, 0.25) is 0 Å². The highest BCUT2D eigenvalue weighted by molar-refractivity contribution is 5.78. The molecule has 0 spiro atoms. The number of nitrogens with one attached hydrogen (secondary N) is 1. The summed E-state index contributed by atoms with van der Waals surface area (Å²) in [6.07, 6.45) is 11.3. The molecule has 0 atom stereocenters. The summed E-state index contributed by atoms with van der Waals surface area (Å²) in [4.78, 5) is 30.0. The molecule has 7 heteroatoms. The van der Waals surface area contributed by atoms with Gasteiger partial charge in [-0.25, -0.2) is 9.67 Å². The van der Waals surface area contributed by atoms with Gasteiger partial charge in [0.1, 0.15) is 11.7 Å². The maximum Gasteiger partial charge on any atom is 0.264 e. The number of aryl methyl sites for hydroxylation is 1. The molecule has 0 radical (unpaired) electrons. The van der Waals surface area contributed by atoms with Crippen molar-refractivity contribution in [1.82, 2.24) is 24.6 Å². The third-order valence-corrected chi connectivity index (χ3v) is 7.03. The molecule has 0 saturated heterocycles. The third-order valence-electron chi connectivity index (χ3n) is 7.03. The molecule has 33 heavy (non-hydrogen) atoms. The molecule has 0 bridgehead atoms. The summed E-state index contributed by atoms with van der Waals surface area (Å²) < 4.78 is 3.33. The highest BCUT2D eigenvalue weighted by Gasteiger charge is 2.25. The Bertz CT molecular complexity index is 1140. The molecule has 4 rings (SSSR count). The van der Waals surface area contributed by atoms with E-state index in [-0.39, 0.29) is 17.4 Å². The SMILES string of the molecule is CCCCC1CCC(C(=O)NCCn2ncc3c(=O)n(Cc4ccccc4C)cnc32)CC1. The summed E-state index contributed by atoms with van der Waals surface area (Å²) in [5, 5.41) is 7.93. The van der Waals surface area contributed by atoms with Crippen LogP contribution in [0.25, 0.3) is 11.0 Å². The number of benzene rings is 1. The van der Waals surface area contributed by atoms with Crippen molar-refractivity contribution in [3.05, 3.63) is 58.3 Å². The standard InChI is InChI=1S/C26H35N5O2/c1-3-4-8-20-10-12-21(13-11-20)25(32)27-14-15-31-24-23(16-29-31)26(33)30(18-28-24)17-22-9-6-5-7-19(22)2/h5-7,9,16,18,20-21H,3-4,8,10-15,17H2,1-2H3,(H,27,32). The largest absolute Gasteiger partial charge is 0.354 e. The van der Waals surface area contributed by atoms with Crippen molar-refractivity contribution in [2.45, 2.75) is 71.9 Å². The Hall–Kier alpha value is -2.96. The normalized spacial score (nSPS) is 18.5. The molecule has 0 unspecified atom stereocenters. The number of carbonyl (C=O) groups is 1. The summed E-state index contributed by atoms with van der Waals surface area (Å²) in [5.41, 5.74) is 2.70. The van der Waals surface area contributed by atoms with Crippen LogP contribution in [0.4, 0.5) is 0 Å². The number of unbranched alkanes of at least 4 members (excludes halogenated alkanes) is 1. The lowest BCUT2D eigenvalue weighted by molar-refractivity contribution is -0.126. The van der Waals surface area contributed by atoms with Crippen LogP contribution in [0.15, 0.2) is 41.6 Å². The van der Waals surface area contributed by atoms with Crippen LogP contribution >= 0.6 is 0 Å². The number of nitrogens with zero attached hydrogens (tertiary/aromatic N) is 4. The van der Waals surface area contributed by atoms with E-state index in [4.69, 9.17) is 0 Å². The van der Waals surface area contributed by atoms with Gasteiger partial charge in [-0.1, -0.05) is 50.5 Å². The number of amides is 1. The van der Waals surface area contributed by atoms with E-state index in [0.29, 0.717) is 30.7 Å². The van der Waals surface area contributed by atoms with Gasteiger partial charge in [-0.05, 0) is 49.7 Å². The zero-order valence-corrected chi connectivity index (χ0v) is 19.8. The monoisotopic (exact) mass is 449 g/mol. The number of carbonyl (C=O) groups excluding carboxylic acids is 1. The van der Waals surface area contributed by atoms with E-state index in [2.05, 4.69) is 22.3 Å². The zero-order valence-electron chi connectivity index (χ0n) is 19.8. The lowest BCUT2D eigenvalue weighted by Crippen LogP contribution is -2.35. The van der Waals surface area contributed by atoms with Gasteiger partial charge in [0, 0.05) is 12.5 Å². The Balaban J connectivity index is 1.32. The molecular formula is C26H35N5O2. The van der Waals surface area contributed by atoms with E-state index in [9.17, 15) is 9.59 Å². The first kappa shape index (κ1) is 23.2. The molecule has 1 amide bonds. The molecule has 2 aromatic heterocycles. The average Bonchev–Trinajstić information content (AvgIpc) is 3.25. The average molecular weight is 450 g/mol. The van der Waals surface area contributed by atoms with Gasteiger partial charge in [0.05, 0.1) is 19.3 Å². The maximum absolute atomic E-state index is 12.9. The zero-order chi connectivity index (χ0) is 23.2. The van der Waals surface area contributed by atoms with Crippen LogP contribution in [0.5, 0.6) is 0 Å². The van der Waals surface area contributed by atoms with Gasteiger partial charge >= 0.3 is 0 Å². The van der Waals surface area contributed by atoms with Crippen molar-refractivity contribution in [2.75, 3.05) is 6.54 Å². The summed E-state index contributed by atoms with van der Waals surface area (Å²) in [7, 11) is 0. The van der Waals surface area contributed by atoms with Gasteiger partial charge in [0.15, 0.2) is 5.65 Å². The fraction of sp³-hybridized carbons (Fsp3) is 0.538. The highest BCUT2D eigenvalue weighted by Crippen LogP contribution is 2.31. The molecule has 1 fully saturated rings. The number of rotatable bonds is 9. The second-order valence-electron chi connectivity index (χ2n) is 9.36. The fourth-order valence-corrected chi connectivity index (χ4v) is 4.88. The Morgan fingerprint density at radius 1 is 1.18 bits per heavy atom. The Morgan fingerprint density at radius 2 is 1.97 bits per heavy atom. The van der Waals surface area contributed by atoms with E-state index in [0.717, 1.165) is 29.9 Å². The van der Waals surface area contributed by atoms with E-state index < -0.39 is 0 Å². The first-order valence-electron chi connectivity index (χ1n) is 12.3. The van der Waals surface area contributed by atoms with E-state index >= 15 is 0 Å². The molecule has 7 nitrogen and oxygen atoms in total. The van der Waals surface area contributed by atoms with Crippen LogP contribution in [-0.4, -0.2) is 31.8 Å². The molecule has 1 saturated carbocycles. The van der Waals surface area contributed by atoms with Gasteiger partial charge in [0.2, 0.25) is 5.91 Å². The van der Waals surface area contributed by atoms with Gasteiger partial charge in [-0.2, -0.15) is 5.10 Å². The van der Waals surface area contributed by atoms with Crippen molar-refractivity contribution in [3.8, 4) is 0 Å². The first-order valence-corrected chi connectivity index (χ1v) is 12.3. The lowest BCUT2D eigenvalue weighted by Gasteiger charge is -2.27. The minimum atomic E-state index is -0.0987. The molecule has 2 heterocycles. The third kappa shape index (κ3) is 5.52. The van der Waals surface area contributed by atoms with E-state index in [1.54, 1.807) is 21.8 Å². The molecule has 1 aliphatic carbocycles. The first-order chi connectivity index (χ1) is 16.1. The second kappa shape index (κ2) is 10.8. The summed E-state index contributed by atoms with van der Waals surface area (Å²) in [6.45, 7) is 5.74. The van der Waals surface area contributed by atoms with Crippen molar-refractivity contribution in [2.24, 2.45) is 11.8 Å². The molecule has 3 aromatic rings. The van der Waals surface area contributed by atoms with Gasteiger partial charge < -0.3 is 5.32 Å². The number of hydrogen-bond acceptors (Lipinski definition) is 4. The summed E-state index contributed by atoms with van der Waals surface area (Å²) >= 11 is 0. The van der Waals surface area contributed by atoms with Crippen molar-refractivity contribution >= 4 is 16.9 Å². The van der Waals surface area contributed by atoms with E-state index in [1.165, 1.54) is 32.1 Å². The van der Waals surface area contributed by atoms with E-state index in [1.807, 2.05) is 31.2 Å². The number of hydrogen-bond donors (Lipinski definition) is 1. The van der Waals surface area contributed by atoms with Crippen molar-refractivity contribution in [1.29, 1.82) is 0 Å². The van der Waals surface area contributed by atoms with Crippen molar-refractivity contribution < 1.29 is 4.79 Å². The molecule has 1 aromatic carbocycles. The van der Waals surface area contributed by atoms with Crippen LogP contribution in [0.1, 0.15) is 63.0 Å². The van der Waals surface area contributed by atoms with Crippen LogP contribution in [0, 0.1) is 18.8 Å². The predicted molar refractivity (Wildman–Crippen MR) is 130 cm³/mol. The molecule has 1 N–H and O–H groups in total.